The molecule has 0 fully saturated rings. The number of aromatic nitrogens is 1. The molecular formula is C15H17BrN2O2S. The molecule has 21 heavy (non-hydrogen) atoms. The zero-order valence-corrected chi connectivity index (χ0v) is 14.5. The highest BCUT2D eigenvalue weighted by Gasteiger charge is 2.10. The number of halogens is 1. The molecule has 1 heterocycles. The van der Waals surface area contributed by atoms with Crippen molar-refractivity contribution in [2.75, 3.05) is 11.6 Å². The van der Waals surface area contributed by atoms with Crippen molar-refractivity contribution in [3.05, 3.63) is 51.6 Å². The molecule has 0 aliphatic heterocycles. The fraction of sp³-hybridized carbons (Fsp3) is 0.267. The minimum Gasteiger partial charge on any atom is -0.366 e. The van der Waals surface area contributed by atoms with Gasteiger partial charge in [0, 0.05) is 23.5 Å². The van der Waals surface area contributed by atoms with Gasteiger partial charge in [-0.25, -0.2) is 13.4 Å². The molecule has 1 aromatic carbocycles. The fourth-order valence-corrected chi connectivity index (χ4v) is 3.24. The molecule has 2 rings (SSSR count). The van der Waals surface area contributed by atoms with Gasteiger partial charge >= 0.3 is 0 Å². The number of anilines is 1. The second kappa shape index (κ2) is 6.15. The predicted molar refractivity (Wildman–Crippen MR) is 88.3 cm³/mol. The lowest BCUT2D eigenvalue weighted by molar-refractivity contribution is 0.601. The third kappa shape index (κ3) is 4.04. The van der Waals surface area contributed by atoms with Gasteiger partial charge in [-0.15, -0.1) is 0 Å². The van der Waals surface area contributed by atoms with Crippen molar-refractivity contribution in [2.45, 2.75) is 25.3 Å². The van der Waals surface area contributed by atoms with Crippen LogP contribution in [0.15, 0.2) is 39.8 Å². The van der Waals surface area contributed by atoms with E-state index in [0.29, 0.717) is 11.4 Å². The van der Waals surface area contributed by atoms with Crippen molar-refractivity contribution >= 4 is 31.6 Å². The van der Waals surface area contributed by atoms with Crippen molar-refractivity contribution in [3.8, 4) is 0 Å². The summed E-state index contributed by atoms with van der Waals surface area (Å²) in [4.78, 5) is 4.66. The number of benzene rings is 1. The quantitative estimate of drug-likeness (QED) is 0.897. The first-order valence-electron chi connectivity index (χ1n) is 6.43. The van der Waals surface area contributed by atoms with Crippen molar-refractivity contribution < 1.29 is 8.42 Å². The van der Waals surface area contributed by atoms with Crippen LogP contribution in [0.3, 0.4) is 0 Å². The molecule has 0 spiro atoms. The maximum absolute atomic E-state index is 11.6. The van der Waals surface area contributed by atoms with E-state index in [9.17, 15) is 8.42 Å². The van der Waals surface area contributed by atoms with Crippen molar-refractivity contribution in [1.82, 2.24) is 4.98 Å². The minimum absolute atomic E-state index is 0.379. The zero-order chi connectivity index (χ0) is 15.6. The van der Waals surface area contributed by atoms with Crippen LogP contribution in [-0.2, 0) is 16.4 Å². The van der Waals surface area contributed by atoms with E-state index in [4.69, 9.17) is 0 Å². The molecule has 0 saturated heterocycles. The third-order valence-corrected chi connectivity index (χ3v) is 5.25. The van der Waals surface area contributed by atoms with E-state index in [1.165, 1.54) is 6.26 Å². The van der Waals surface area contributed by atoms with E-state index in [-0.39, 0.29) is 0 Å². The molecule has 1 N–H and O–H groups in total. The summed E-state index contributed by atoms with van der Waals surface area (Å²) >= 11 is 3.41. The van der Waals surface area contributed by atoms with Crippen LogP contribution in [0.2, 0.25) is 0 Å². The third-order valence-electron chi connectivity index (χ3n) is 3.16. The summed E-state index contributed by atoms with van der Waals surface area (Å²) in [6.45, 7) is 4.41. The summed E-state index contributed by atoms with van der Waals surface area (Å²) in [6.07, 6.45) is 2.98. The second-order valence-electron chi connectivity index (χ2n) is 5.04. The first-order valence-corrected chi connectivity index (χ1v) is 9.11. The molecule has 4 nitrogen and oxygen atoms in total. The summed E-state index contributed by atoms with van der Waals surface area (Å²) in [5.74, 6) is 0.792. The number of aryl methyl sites for hydroxylation is 2. The highest BCUT2D eigenvalue weighted by atomic mass is 79.9. The number of rotatable bonds is 4. The Morgan fingerprint density at radius 3 is 2.48 bits per heavy atom. The largest absolute Gasteiger partial charge is 0.366 e. The number of nitrogens with one attached hydrogen (secondary N) is 1. The first-order chi connectivity index (χ1) is 9.77. The summed E-state index contributed by atoms with van der Waals surface area (Å²) in [5, 5.41) is 3.23. The molecule has 0 atom stereocenters. The van der Waals surface area contributed by atoms with E-state index in [1.54, 1.807) is 12.3 Å². The number of hydrogen-bond acceptors (Lipinski definition) is 4. The van der Waals surface area contributed by atoms with Gasteiger partial charge in [0.15, 0.2) is 9.84 Å². The molecule has 0 radical (unpaired) electrons. The molecule has 0 aliphatic rings. The zero-order valence-electron chi connectivity index (χ0n) is 12.1. The minimum atomic E-state index is -3.17. The lowest BCUT2D eigenvalue weighted by Gasteiger charge is -2.10. The van der Waals surface area contributed by atoms with E-state index in [0.717, 1.165) is 27.0 Å². The summed E-state index contributed by atoms with van der Waals surface area (Å²) in [6, 6.07) is 7.32. The van der Waals surface area contributed by atoms with Gasteiger partial charge in [-0.3, -0.25) is 0 Å². The van der Waals surface area contributed by atoms with E-state index in [2.05, 4.69) is 26.2 Å². The predicted octanol–water partition coefficient (Wildman–Crippen LogP) is 3.48. The van der Waals surface area contributed by atoms with Crippen LogP contribution >= 0.6 is 15.9 Å². The average Bonchev–Trinajstić information content (AvgIpc) is 2.39. The number of hydrogen-bond donors (Lipinski definition) is 1. The van der Waals surface area contributed by atoms with Crippen LogP contribution in [0.5, 0.6) is 0 Å². The summed E-state index contributed by atoms with van der Waals surface area (Å²) < 4.78 is 24.1. The second-order valence-corrected chi connectivity index (χ2v) is 7.88. The fourth-order valence-electron chi connectivity index (χ4n) is 2.07. The van der Waals surface area contributed by atoms with Crippen molar-refractivity contribution in [1.29, 1.82) is 0 Å². The molecule has 0 bridgehead atoms. The number of pyridine rings is 1. The Balaban J connectivity index is 2.14. The van der Waals surface area contributed by atoms with E-state index < -0.39 is 9.84 Å². The van der Waals surface area contributed by atoms with Crippen molar-refractivity contribution in [3.63, 3.8) is 0 Å². The molecular weight excluding hydrogens is 352 g/mol. The van der Waals surface area contributed by atoms with Gasteiger partial charge < -0.3 is 5.32 Å². The summed E-state index contributed by atoms with van der Waals surface area (Å²) in [5.41, 5.74) is 2.88. The van der Waals surface area contributed by atoms with Gasteiger partial charge in [0.2, 0.25) is 0 Å². The van der Waals surface area contributed by atoms with Gasteiger partial charge in [-0.2, -0.15) is 0 Å². The molecule has 0 saturated carbocycles. The van der Waals surface area contributed by atoms with E-state index in [1.807, 2.05) is 32.0 Å². The molecule has 0 aliphatic carbocycles. The van der Waals surface area contributed by atoms with Crippen LogP contribution in [0.4, 0.5) is 5.82 Å². The monoisotopic (exact) mass is 368 g/mol. The molecule has 0 unspecified atom stereocenters. The normalized spacial score (nSPS) is 11.4. The lowest BCUT2D eigenvalue weighted by atomic mass is 10.1. The van der Waals surface area contributed by atoms with Gasteiger partial charge in [-0.1, -0.05) is 12.1 Å². The number of sulfone groups is 1. The maximum atomic E-state index is 11.6. The Bertz CT molecular complexity index is 773. The highest BCUT2D eigenvalue weighted by Crippen LogP contribution is 2.19. The molecule has 1 aromatic heterocycles. The maximum Gasteiger partial charge on any atom is 0.175 e. The van der Waals surface area contributed by atoms with Crippen LogP contribution in [0.1, 0.15) is 16.7 Å². The van der Waals surface area contributed by atoms with Gasteiger partial charge in [0.25, 0.3) is 0 Å². The molecule has 0 amide bonds. The Labute approximate surface area is 133 Å². The summed E-state index contributed by atoms with van der Waals surface area (Å²) in [7, 11) is -3.17. The van der Waals surface area contributed by atoms with Gasteiger partial charge in [0.1, 0.15) is 5.82 Å². The SMILES string of the molecule is Cc1cc(NCc2ccc(S(C)(=O)=O)c(C)c2)ncc1Br. The Morgan fingerprint density at radius 1 is 1.19 bits per heavy atom. The molecule has 2 aromatic rings. The van der Waals surface area contributed by atoms with Crippen LogP contribution in [0.25, 0.3) is 0 Å². The Hall–Kier alpha value is -1.40. The lowest BCUT2D eigenvalue weighted by Crippen LogP contribution is -2.04. The van der Waals surface area contributed by atoms with E-state index >= 15 is 0 Å². The number of nitrogens with zero attached hydrogens (tertiary/aromatic N) is 1. The average molecular weight is 369 g/mol. The Morgan fingerprint density at radius 2 is 1.90 bits per heavy atom. The van der Waals surface area contributed by atoms with Gasteiger partial charge in [0.05, 0.1) is 4.90 Å². The topological polar surface area (TPSA) is 59.1 Å². The van der Waals surface area contributed by atoms with Crippen molar-refractivity contribution in [2.24, 2.45) is 0 Å². The molecule has 112 valence electrons. The van der Waals surface area contributed by atoms with Gasteiger partial charge in [-0.05, 0) is 58.6 Å². The highest BCUT2D eigenvalue weighted by molar-refractivity contribution is 9.10. The smallest absolute Gasteiger partial charge is 0.175 e. The Kier molecular flexibility index (Phi) is 4.68. The van der Waals surface area contributed by atoms with Crippen LogP contribution < -0.4 is 5.32 Å². The van der Waals surface area contributed by atoms with Crippen LogP contribution in [0, 0.1) is 13.8 Å². The first kappa shape index (κ1) is 16.0. The van der Waals surface area contributed by atoms with Crippen LogP contribution in [-0.4, -0.2) is 19.7 Å². The standard InChI is InChI=1S/C15H17BrN2O2S/c1-10-7-15(18-9-13(10)16)17-8-12-4-5-14(11(2)6-12)21(3,19)20/h4-7,9H,8H2,1-3H3,(H,17,18). The molecule has 6 heteroatoms.